The highest BCUT2D eigenvalue weighted by molar-refractivity contribution is 6.30. The first-order valence-corrected chi connectivity index (χ1v) is 5.78. The smallest absolute Gasteiger partial charge is 0.161 e. The zero-order chi connectivity index (χ0) is 11.9. The largest absolute Gasteiger partial charge is 0.376 e. The summed E-state index contributed by atoms with van der Waals surface area (Å²) >= 11 is 6.09. The van der Waals surface area contributed by atoms with Crippen molar-refractivity contribution in [3.63, 3.8) is 0 Å². The molecule has 2 aromatic rings. The predicted molar refractivity (Wildman–Crippen MR) is 67.7 cm³/mol. The highest BCUT2D eigenvalue weighted by atomic mass is 35.5. The highest BCUT2D eigenvalue weighted by Gasteiger charge is 2.36. The number of aromatic nitrogens is 2. The van der Waals surface area contributed by atoms with E-state index in [0.717, 1.165) is 11.0 Å². The molecule has 1 aromatic carbocycles. The van der Waals surface area contributed by atoms with Crippen molar-refractivity contribution in [2.75, 3.05) is 0 Å². The number of halogens is 1. The van der Waals surface area contributed by atoms with Gasteiger partial charge in [-0.25, -0.2) is 4.98 Å². The van der Waals surface area contributed by atoms with Crippen molar-refractivity contribution in [2.45, 2.75) is 12.0 Å². The van der Waals surface area contributed by atoms with Gasteiger partial charge in [-0.1, -0.05) is 35.9 Å². The van der Waals surface area contributed by atoms with Crippen molar-refractivity contribution in [3.8, 4) is 0 Å². The molecule has 4 heteroatoms. The Morgan fingerprint density at radius 1 is 1.35 bits per heavy atom. The number of nitrogens with one attached hydrogen (secondary N) is 1. The normalized spacial score (nSPS) is 24.0. The monoisotopic (exact) mass is 246 g/mol. The average Bonchev–Trinajstić information content (AvgIpc) is 2.77. The van der Waals surface area contributed by atoms with Gasteiger partial charge in [0.15, 0.2) is 5.60 Å². The van der Waals surface area contributed by atoms with Crippen molar-refractivity contribution in [2.24, 2.45) is 0 Å². The number of imidazole rings is 1. The van der Waals surface area contributed by atoms with Crippen LogP contribution in [0.5, 0.6) is 0 Å². The molecular formula is C13H11ClN2O. The molecule has 0 saturated carbocycles. The number of benzene rings is 1. The Balaban J connectivity index is 2.15. The Morgan fingerprint density at radius 3 is 2.94 bits per heavy atom. The van der Waals surface area contributed by atoms with Crippen LogP contribution in [0, 0.1) is 0 Å². The predicted octanol–water partition coefficient (Wildman–Crippen LogP) is 2.83. The van der Waals surface area contributed by atoms with Gasteiger partial charge >= 0.3 is 0 Å². The van der Waals surface area contributed by atoms with Gasteiger partial charge in [0.2, 0.25) is 0 Å². The van der Waals surface area contributed by atoms with Gasteiger partial charge in [0.25, 0.3) is 0 Å². The number of H-pyrrole nitrogens is 1. The van der Waals surface area contributed by atoms with Gasteiger partial charge in [-0.2, -0.15) is 0 Å². The van der Waals surface area contributed by atoms with Crippen molar-refractivity contribution in [1.82, 2.24) is 9.97 Å². The van der Waals surface area contributed by atoms with Crippen LogP contribution in [0.2, 0.25) is 0 Å². The van der Waals surface area contributed by atoms with Crippen molar-refractivity contribution in [1.29, 1.82) is 0 Å². The van der Waals surface area contributed by atoms with Crippen LogP contribution < -0.4 is 0 Å². The topological polar surface area (TPSA) is 48.9 Å². The van der Waals surface area contributed by atoms with E-state index in [9.17, 15) is 5.11 Å². The first-order chi connectivity index (χ1) is 8.20. The minimum atomic E-state index is -1.23. The number of allylic oxidation sites excluding steroid dienone is 2. The lowest BCUT2D eigenvalue weighted by Gasteiger charge is -2.25. The van der Waals surface area contributed by atoms with E-state index in [-0.39, 0.29) is 0 Å². The Kier molecular flexibility index (Phi) is 2.31. The van der Waals surface area contributed by atoms with E-state index < -0.39 is 5.60 Å². The van der Waals surface area contributed by atoms with E-state index in [2.05, 4.69) is 9.97 Å². The molecule has 86 valence electrons. The molecule has 0 aliphatic heterocycles. The lowest BCUT2D eigenvalue weighted by molar-refractivity contribution is 0.0779. The third kappa shape index (κ3) is 1.59. The number of para-hydroxylation sites is 2. The molecule has 1 aromatic heterocycles. The molecule has 0 fully saturated rings. The second kappa shape index (κ2) is 3.72. The second-order valence-electron chi connectivity index (χ2n) is 4.11. The van der Waals surface area contributed by atoms with E-state index in [4.69, 9.17) is 11.6 Å². The summed E-state index contributed by atoms with van der Waals surface area (Å²) in [6.07, 6.45) is 5.83. The molecule has 17 heavy (non-hydrogen) atoms. The minimum Gasteiger partial charge on any atom is -0.376 e. The van der Waals surface area contributed by atoms with E-state index in [0.29, 0.717) is 17.3 Å². The maximum absolute atomic E-state index is 10.6. The quantitative estimate of drug-likeness (QED) is 0.813. The van der Waals surface area contributed by atoms with Gasteiger partial charge < -0.3 is 10.1 Å². The van der Waals surface area contributed by atoms with Crippen LogP contribution in [-0.4, -0.2) is 15.1 Å². The molecule has 0 radical (unpaired) electrons. The fourth-order valence-electron chi connectivity index (χ4n) is 1.98. The van der Waals surface area contributed by atoms with Gasteiger partial charge in [0.1, 0.15) is 5.82 Å². The molecule has 1 aliphatic rings. The summed E-state index contributed by atoms with van der Waals surface area (Å²) in [6.45, 7) is 0. The first-order valence-electron chi connectivity index (χ1n) is 5.40. The van der Waals surface area contributed by atoms with Crippen molar-refractivity contribution >= 4 is 22.6 Å². The molecule has 1 aliphatic carbocycles. The molecule has 0 saturated heterocycles. The summed E-state index contributed by atoms with van der Waals surface area (Å²) in [5.41, 5.74) is 0.500. The zero-order valence-corrected chi connectivity index (χ0v) is 9.78. The van der Waals surface area contributed by atoms with Crippen LogP contribution in [0.1, 0.15) is 12.2 Å². The number of fused-ring (bicyclic) bond motifs is 1. The third-order valence-electron chi connectivity index (χ3n) is 2.97. The van der Waals surface area contributed by atoms with Crippen LogP contribution >= 0.6 is 11.6 Å². The fraction of sp³-hybridized carbons (Fsp3) is 0.154. The van der Waals surface area contributed by atoms with Crippen LogP contribution in [0.15, 0.2) is 47.5 Å². The number of hydrogen-bond donors (Lipinski definition) is 2. The van der Waals surface area contributed by atoms with Gasteiger partial charge in [-0.3, -0.25) is 0 Å². The van der Waals surface area contributed by atoms with Gasteiger partial charge in [-0.15, -0.1) is 0 Å². The molecule has 2 N–H and O–H groups in total. The Morgan fingerprint density at radius 2 is 2.18 bits per heavy atom. The molecular weight excluding hydrogens is 236 g/mol. The molecule has 1 heterocycles. The maximum atomic E-state index is 10.6. The Labute approximate surface area is 103 Å². The number of aromatic amines is 1. The summed E-state index contributed by atoms with van der Waals surface area (Å²) in [7, 11) is 0. The molecule has 0 bridgehead atoms. The van der Waals surface area contributed by atoms with E-state index in [1.807, 2.05) is 36.4 Å². The minimum absolute atomic E-state index is 0.388. The Hall–Kier alpha value is -1.58. The van der Waals surface area contributed by atoms with Crippen LogP contribution in [0.3, 0.4) is 0 Å². The average molecular weight is 247 g/mol. The summed E-state index contributed by atoms with van der Waals surface area (Å²) in [4.78, 5) is 7.51. The van der Waals surface area contributed by atoms with Crippen LogP contribution in [0.4, 0.5) is 0 Å². The van der Waals surface area contributed by atoms with E-state index in [1.54, 1.807) is 6.08 Å². The van der Waals surface area contributed by atoms with Gasteiger partial charge in [0.05, 0.1) is 16.1 Å². The lowest BCUT2D eigenvalue weighted by atomic mass is 9.94. The summed E-state index contributed by atoms with van der Waals surface area (Å²) in [5, 5.41) is 11.0. The molecule has 3 nitrogen and oxygen atoms in total. The van der Waals surface area contributed by atoms with Crippen LogP contribution in [-0.2, 0) is 5.60 Å². The second-order valence-corrected chi connectivity index (χ2v) is 4.52. The number of nitrogens with zero attached hydrogens (tertiary/aromatic N) is 1. The van der Waals surface area contributed by atoms with E-state index in [1.165, 1.54) is 0 Å². The first kappa shape index (κ1) is 10.6. The number of aliphatic hydroxyl groups is 1. The standard InChI is InChI=1S/C13H11ClN2O/c14-11-7-3-4-8-13(11,17)12-15-9-5-1-2-6-10(9)16-12/h1-7,17H,8H2,(H,15,16). The van der Waals surface area contributed by atoms with Crippen molar-refractivity contribution in [3.05, 3.63) is 53.4 Å². The fourth-order valence-corrected chi connectivity index (χ4v) is 2.22. The highest BCUT2D eigenvalue weighted by Crippen LogP contribution is 2.37. The summed E-state index contributed by atoms with van der Waals surface area (Å²) < 4.78 is 0. The van der Waals surface area contributed by atoms with Crippen molar-refractivity contribution < 1.29 is 5.11 Å². The van der Waals surface area contributed by atoms with Crippen LogP contribution in [0.25, 0.3) is 11.0 Å². The van der Waals surface area contributed by atoms with E-state index >= 15 is 0 Å². The van der Waals surface area contributed by atoms with Gasteiger partial charge in [0, 0.05) is 6.42 Å². The molecule has 3 rings (SSSR count). The summed E-state index contributed by atoms with van der Waals surface area (Å²) in [6, 6.07) is 7.65. The maximum Gasteiger partial charge on any atom is 0.161 e. The number of hydrogen-bond acceptors (Lipinski definition) is 2. The third-order valence-corrected chi connectivity index (χ3v) is 3.41. The molecule has 0 amide bonds. The molecule has 0 spiro atoms. The lowest BCUT2D eigenvalue weighted by Crippen LogP contribution is -2.28. The SMILES string of the molecule is OC1(c2nc3ccccc3[nH]2)CC=CC=C1Cl. The molecule has 1 unspecified atom stereocenters. The number of rotatable bonds is 1. The van der Waals surface area contributed by atoms with Gasteiger partial charge in [-0.05, 0) is 18.2 Å². The summed E-state index contributed by atoms with van der Waals surface area (Å²) in [5.74, 6) is 0.490. The molecule has 1 atom stereocenters. The zero-order valence-electron chi connectivity index (χ0n) is 9.02. The Bertz CT molecular complexity index is 596.